The van der Waals surface area contributed by atoms with E-state index in [-0.39, 0.29) is 46.9 Å². The Balaban J connectivity index is 0. The quantitative estimate of drug-likeness (QED) is 0.530. The topological polar surface area (TPSA) is 17.1 Å². The molecule has 0 spiro atoms. The van der Waals surface area contributed by atoms with Gasteiger partial charge in [0.25, 0.3) is 0 Å². The number of hydrogen-bond donors (Lipinski definition) is 0. The molecule has 0 aliphatic rings. The molecule has 0 aromatic heterocycles. The fourth-order valence-electron chi connectivity index (χ4n) is 0. The van der Waals surface area contributed by atoms with Gasteiger partial charge in [0.2, 0.25) is 0 Å². The molecule has 0 amide bonds. The van der Waals surface area contributed by atoms with Crippen LogP contribution in [0.4, 0.5) is 0 Å². The minimum Gasteiger partial charge on any atom is -0.304 e. The Labute approximate surface area is 64.0 Å². The van der Waals surface area contributed by atoms with Gasteiger partial charge < -0.3 is 4.79 Å². The normalized spacial score (nSPS) is 3.25. The predicted octanol–water partition coefficient (Wildman–Crippen LogP) is 0.205. The number of carbonyl (C=O) groups excluding carboxylic acids is 1. The Morgan fingerprint density at radius 2 is 1.75 bits per heavy atom. The maximum Gasteiger partial charge on any atom is 0.116 e. The van der Waals surface area contributed by atoms with Gasteiger partial charge in [0, 0.05) is 46.9 Å². The molecule has 0 bridgehead atoms. The SMILES string of the molecule is CC=O.[Yb]. The smallest absolute Gasteiger partial charge is 0.116 e. The van der Waals surface area contributed by atoms with E-state index in [1.54, 1.807) is 0 Å². The van der Waals surface area contributed by atoms with Crippen molar-refractivity contribution in [1.82, 2.24) is 0 Å². The molecule has 0 saturated heterocycles. The third-order valence-corrected chi connectivity index (χ3v) is 0. The molecule has 0 radical (unpaired) electrons. The molecule has 0 aromatic carbocycles. The Kier molecular flexibility index (Phi) is 19.9. The van der Waals surface area contributed by atoms with Crippen molar-refractivity contribution in [3.63, 3.8) is 0 Å². The van der Waals surface area contributed by atoms with Gasteiger partial charge in [0.05, 0.1) is 0 Å². The molecule has 0 N–H and O–H groups in total. The second-order valence-electron chi connectivity index (χ2n) is 0.236. The van der Waals surface area contributed by atoms with Crippen LogP contribution in [0.1, 0.15) is 6.92 Å². The largest absolute Gasteiger partial charge is 0.304 e. The van der Waals surface area contributed by atoms with Crippen LogP contribution in [-0.4, -0.2) is 6.29 Å². The summed E-state index contributed by atoms with van der Waals surface area (Å²) in [5.41, 5.74) is 0. The van der Waals surface area contributed by atoms with Crippen molar-refractivity contribution in [2.45, 2.75) is 6.92 Å². The van der Waals surface area contributed by atoms with E-state index < -0.39 is 0 Å². The predicted molar refractivity (Wildman–Crippen MR) is 11.7 cm³/mol. The fourth-order valence-corrected chi connectivity index (χ4v) is 0. The summed E-state index contributed by atoms with van der Waals surface area (Å²) >= 11 is 0. The van der Waals surface area contributed by atoms with Gasteiger partial charge in [-0.3, -0.25) is 0 Å². The van der Waals surface area contributed by atoms with Crippen LogP contribution in [0.15, 0.2) is 0 Å². The summed E-state index contributed by atoms with van der Waals surface area (Å²) < 4.78 is 0. The molecule has 0 atom stereocenters. The van der Waals surface area contributed by atoms with E-state index in [0.717, 1.165) is 6.29 Å². The van der Waals surface area contributed by atoms with Crippen LogP contribution < -0.4 is 0 Å². The zero-order chi connectivity index (χ0) is 2.71. The molecular formula is C2H4OYb. The Morgan fingerprint density at radius 1 is 1.75 bits per heavy atom. The first kappa shape index (κ1) is 8.95. The van der Waals surface area contributed by atoms with Crippen LogP contribution in [0.5, 0.6) is 0 Å². The maximum absolute atomic E-state index is 8.81. The van der Waals surface area contributed by atoms with E-state index in [1.807, 2.05) is 0 Å². The second-order valence-corrected chi connectivity index (χ2v) is 0.236. The molecular weight excluding hydrogens is 213 g/mol. The zero-order valence-electron chi connectivity index (χ0n) is 2.25. The molecule has 1 nitrogen and oxygen atoms in total. The summed E-state index contributed by atoms with van der Waals surface area (Å²) in [7, 11) is 0. The van der Waals surface area contributed by atoms with E-state index >= 15 is 0 Å². The molecule has 2 heteroatoms. The molecule has 0 saturated carbocycles. The third-order valence-electron chi connectivity index (χ3n) is 0. The average molecular weight is 217 g/mol. The van der Waals surface area contributed by atoms with Crippen molar-refractivity contribution in [2.24, 2.45) is 0 Å². The van der Waals surface area contributed by atoms with Crippen molar-refractivity contribution < 1.29 is 51.7 Å². The molecule has 0 aliphatic heterocycles. The summed E-state index contributed by atoms with van der Waals surface area (Å²) in [6.45, 7) is 1.44. The van der Waals surface area contributed by atoms with Gasteiger partial charge in [-0.1, -0.05) is 0 Å². The van der Waals surface area contributed by atoms with Gasteiger partial charge in [0.1, 0.15) is 6.29 Å². The van der Waals surface area contributed by atoms with Crippen LogP contribution in [0.3, 0.4) is 0 Å². The van der Waals surface area contributed by atoms with Gasteiger partial charge in [-0.15, -0.1) is 0 Å². The number of hydrogen-bond acceptors (Lipinski definition) is 1. The molecule has 32 valence electrons. The molecule has 0 rings (SSSR count). The van der Waals surface area contributed by atoms with Gasteiger partial charge in [-0.2, -0.15) is 0 Å². The third kappa shape index (κ3) is 10.8. The summed E-state index contributed by atoms with van der Waals surface area (Å²) in [6.07, 6.45) is 0.750. The van der Waals surface area contributed by atoms with E-state index in [1.165, 1.54) is 6.92 Å². The van der Waals surface area contributed by atoms with Gasteiger partial charge >= 0.3 is 0 Å². The average Bonchev–Trinajstić information content (AvgIpc) is 0.918. The van der Waals surface area contributed by atoms with Crippen LogP contribution in [0.2, 0.25) is 0 Å². The Bertz CT molecular complexity index is 13.5. The number of carbonyl (C=O) groups is 1. The minimum absolute atomic E-state index is 0. The van der Waals surface area contributed by atoms with Gasteiger partial charge in [-0.05, 0) is 6.92 Å². The molecule has 0 heterocycles. The standard InChI is InChI=1S/C2H4O.Yb/c1-2-3;/h2H,1H3;. The van der Waals surface area contributed by atoms with Crippen molar-refractivity contribution in [3.05, 3.63) is 0 Å². The first-order valence-corrected chi connectivity index (χ1v) is 0.813. The van der Waals surface area contributed by atoms with Crippen LogP contribution >= 0.6 is 0 Å². The summed E-state index contributed by atoms with van der Waals surface area (Å²) in [5, 5.41) is 0. The maximum atomic E-state index is 8.81. The first-order chi connectivity index (χ1) is 1.41. The number of rotatable bonds is 0. The summed E-state index contributed by atoms with van der Waals surface area (Å²) in [5.74, 6) is 0. The van der Waals surface area contributed by atoms with Gasteiger partial charge in [0.15, 0.2) is 0 Å². The number of aldehydes is 1. The van der Waals surface area contributed by atoms with E-state index in [0.29, 0.717) is 0 Å². The van der Waals surface area contributed by atoms with Crippen LogP contribution in [0.25, 0.3) is 0 Å². The van der Waals surface area contributed by atoms with E-state index in [4.69, 9.17) is 4.79 Å². The molecule has 0 fully saturated rings. The monoisotopic (exact) mass is 218 g/mol. The van der Waals surface area contributed by atoms with Crippen LogP contribution in [-0.2, 0) is 4.79 Å². The minimum atomic E-state index is 0. The summed E-state index contributed by atoms with van der Waals surface area (Å²) in [6, 6.07) is 0. The second kappa shape index (κ2) is 8.89. The Hall–Kier alpha value is 1.19. The van der Waals surface area contributed by atoms with Gasteiger partial charge in [-0.25, -0.2) is 0 Å². The molecule has 0 unspecified atom stereocenters. The molecule has 0 aromatic rings. The van der Waals surface area contributed by atoms with Crippen molar-refractivity contribution in [2.75, 3.05) is 0 Å². The molecule has 0 aliphatic carbocycles. The van der Waals surface area contributed by atoms with Crippen molar-refractivity contribution in [1.29, 1.82) is 0 Å². The van der Waals surface area contributed by atoms with Crippen LogP contribution in [0, 0.1) is 46.9 Å². The fraction of sp³-hybridized carbons (Fsp3) is 0.500. The zero-order valence-corrected chi connectivity index (χ0v) is 3.97. The first-order valence-electron chi connectivity index (χ1n) is 0.813. The molecule has 4 heavy (non-hydrogen) atoms. The summed E-state index contributed by atoms with van der Waals surface area (Å²) in [4.78, 5) is 8.81. The van der Waals surface area contributed by atoms with E-state index in [2.05, 4.69) is 0 Å². The van der Waals surface area contributed by atoms with E-state index in [9.17, 15) is 0 Å². The van der Waals surface area contributed by atoms with Crippen molar-refractivity contribution in [3.8, 4) is 0 Å². The Morgan fingerprint density at radius 3 is 1.75 bits per heavy atom. The van der Waals surface area contributed by atoms with Crippen molar-refractivity contribution >= 4 is 6.29 Å².